The van der Waals surface area contributed by atoms with Crippen LogP contribution in [0.5, 0.6) is 0 Å². The summed E-state index contributed by atoms with van der Waals surface area (Å²) in [5.74, 6) is 0. The Hall–Kier alpha value is -2.68. The van der Waals surface area contributed by atoms with Gasteiger partial charge in [-0.15, -0.1) is 0 Å². The molecule has 22 heavy (non-hydrogen) atoms. The highest BCUT2D eigenvalue weighted by atomic mass is 16.3. The van der Waals surface area contributed by atoms with Crippen LogP contribution in [0.1, 0.15) is 15.2 Å². The predicted octanol–water partition coefficient (Wildman–Crippen LogP) is 4.09. The van der Waals surface area contributed by atoms with Crippen molar-refractivity contribution in [2.24, 2.45) is 7.05 Å². The third kappa shape index (κ3) is 1.90. The van der Waals surface area contributed by atoms with Crippen LogP contribution < -0.4 is 4.57 Å². The van der Waals surface area contributed by atoms with Gasteiger partial charge in [-0.3, -0.25) is 4.98 Å². The Morgan fingerprint density at radius 1 is 1.14 bits per heavy atom. The molecule has 108 valence electrons. The molecular formula is C19H17N2O+. The van der Waals surface area contributed by atoms with Crippen LogP contribution in [0.4, 0.5) is 0 Å². The maximum Gasteiger partial charge on any atom is 0.212 e. The van der Waals surface area contributed by atoms with Crippen LogP contribution in [0.2, 0.25) is 0 Å². The van der Waals surface area contributed by atoms with E-state index < -0.39 is 6.85 Å². The first-order valence-electron chi connectivity index (χ1n) is 8.62. The van der Waals surface area contributed by atoms with Gasteiger partial charge in [-0.05, 0) is 43.6 Å². The van der Waals surface area contributed by atoms with Crippen LogP contribution in [0.15, 0.2) is 53.3 Å². The molecule has 0 aliphatic carbocycles. The number of fused-ring (bicyclic) bond motifs is 3. The Labute approximate surface area is 133 Å². The van der Waals surface area contributed by atoms with E-state index >= 15 is 0 Å². The second-order valence-electron chi connectivity index (χ2n) is 5.55. The van der Waals surface area contributed by atoms with E-state index in [1.807, 2.05) is 36.7 Å². The maximum absolute atomic E-state index is 7.56. The Kier molecular flexibility index (Phi) is 2.15. The second kappa shape index (κ2) is 4.67. The Morgan fingerprint density at radius 2 is 2.05 bits per heavy atom. The second-order valence-corrected chi connectivity index (χ2v) is 5.55. The van der Waals surface area contributed by atoms with E-state index in [0.717, 1.165) is 38.8 Å². The number of nitrogens with zero attached hydrogens (tertiary/aromatic N) is 2. The number of furan rings is 1. The molecule has 0 unspecified atom stereocenters. The summed E-state index contributed by atoms with van der Waals surface area (Å²) in [5.41, 5.74) is 5.02. The number of hydrogen-bond acceptors (Lipinski definition) is 2. The van der Waals surface area contributed by atoms with Gasteiger partial charge in [-0.25, -0.2) is 4.57 Å². The fourth-order valence-corrected chi connectivity index (χ4v) is 2.93. The molecule has 0 N–H and O–H groups in total. The van der Waals surface area contributed by atoms with E-state index in [-0.39, 0.29) is 0 Å². The molecule has 0 saturated carbocycles. The van der Waals surface area contributed by atoms with Gasteiger partial charge in [0, 0.05) is 44.5 Å². The first-order valence-corrected chi connectivity index (χ1v) is 7.12. The zero-order chi connectivity index (χ0) is 17.8. The first-order chi connectivity index (χ1) is 11.8. The SMILES string of the molecule is [2H]C([2H])([2H])c1ccc(-c2cc3c(cc2C)oc2ccncc23)[n+](C)c1. The molecule has 1 aromatic carbocycles. The van der Waals surface area contributed by atoms with E-state index in [9.17, 15) is 0 Å². The quantitative estimate of drug-likeness (QED) is 0.495. The molecule has 0 bridgehead atoms. The van der Waals surface area contributed by atoms with Gasteiger partial charge < -0.3 is 4.42 Å². The molecule has 0 spiro atoms. The largest absolute Gasteiger partial charge is 0.456 e. The van der Waals surface area contributed by atoms with Gasteiger partial charge in [-0.1, -0.05) is 0 Å². The average Bonchev–Trinajstić information content (AvgIpc) is 2.90. The minimum absolute atomic E-state index is 0.329. The summed E-state index contributed by atoms with van der Waals surface area (Å²) in [6.45, 7) is -0.0837. The number of aromatic nitrogens is 2. The minimum atomic E-state index is -2.11. The van der Waals surface area contributed by atoms with Crippen molar-refractivity contribution in [3.05, 3.63) is 60.0 Å². The summed E-state index contributed by atoms with van der Waals surface area (Å²) < 4.78 is 30.4. The maximum atomic E-state index is 7.56. The van der Waals surface area contributed by atoms with Gasteiger partial charge >= 0.3 is 0 Å². The Bertz CT molecular complexity index is 1110. The van der Waals surface area contributed by atoms with E-state index in [0.29, 0.717) is 5.56 Å². The number of pyridine rings is 2. The molecule has 3 aromatic heterocycles. The van der Waals surface area contributed by atoms with Crippen molar-refractivity contribution in [1.29, 1.82) is 0 Å². The Balaban J connectivity index is 1.94. The molecule has 3 heterocycles. The highest BCUT2D eigenvalue weighted by molar-refractivity contribution is 6.06. The van der Waals surface area contributed by atoms with Crippen LogP contribution in [0.3, 0.4) is 0 Å². The zero-order valence-corrected chi connectivity index (χ0v) is 12.4. The molecule has 0 amide bonds. The lowest BCUT2D eigenvalue weighted by Gasteiger charge is -2.05. The lowest BCUT2D eigenvalue weighted by atomic mass is 10.0. The van der Waals surface area contributed by atoms with Gasteiger partial charge in [0.2, 0.25) is 5.69 Å². The molecule has 0 radical (unpaired) electrons. The Morgan fingerprint density at radius 3 is 2.86 bits per heavy atom. The van der Waals surface area contributed by atoms with Crippen LogP contribution in [-0.4, -0.2) is 4.98 Å². The van der Waals surface area contributed by atoms with Crippen LogP contribution >= 0.6 is 0 Å². The highest BCUT2D eigenvalue weighted by Crippen LogP contribution is 2.33. The van der Waals surface area contributed by atoms with Crippen molar-refractivity contribution in [2.75, 3.05) is 0 Å². The number of rotatable bonds is 1. The lowest BCUT2D eigenvalue weighted by Crippen LogP contribution is -2.31. The summed E-state index contributed by atoms with van der Waals surface area (Å²) in [7, 11) is 1.86. The molecule has 0 saturated heterocycles. The minimum Gasteiger partial charge on any atom is -0.456 e. The van der Waals surface area contributed by atoms with Crippen LogP contribution in [-0.2, 0) is 7.05 Å². The smallest absolute Gasteiger partial charge is 0.212 e. The molecular weight excluding hydrogens is 272 g/mol. The topological polar surface area (TPSA) is 29.9 Å². The predicted molar refractivity (Wildman–Crippen MR) is 87.6 cm³/mol. The summed E-state index contributed by atoms with van der Waals surface area (Å²) in [6, 6.07) is 9.48. The van der Waals surface area contributed by atoms with Gasteiger partial charge in [0.1, 0.15) is 18.2 Å². The molecule has 0 atom stereocenters. The molecule has 3 nitrogen and oxygen atoms in total. The van der Waals surface area contributed by atoms with Crippen molar-refractivity contribution >= 4 is 21.9 Å². The zero-order valence-electron chi connectivity index (χ0n) is 15.4. The molecule has 0 fully saturated rings. The standard InChI is InChI=1S/C19H17N2O/c1-12-4-5-17(21(3)11-12)14-9-15-16-10-20-7-6-18(16)22-19(15)8-13(14)2/h4-11H,1-3H3/q+1/i1D3. The molecule has 4 rings (SSSR count). The van der Waals surface area contributed by atoms with Gasteiger partial charge in [-0.2, -0.15) is 0 Å². The molecule has 3 heteroatoms. The average molecular weight is 292 g/mol. The first kappa shape index (κ1) is 10.1. The van der Waals surface area contributed by atoms with E-state index in [1.165, 1.54) is 0 Å². The third-order valence-corrected chi connectivity index (χ3v) is 4.03. The van der Waals surface area contributed by atoms with Crippen LogP contribution in [0, 0.1) is 13.8 Å². The number of hydrogen-bond donors (Lipinski definition) is 0. The summed E-state index contributed by atoms with van der Waals surface area (Å²) in [5, 5.41) is 1.98. The highest BCUT2D eigenvalue weighted by Gasteiger charge is 2.16. The lowest BCUT2D eigenvalue weighted by molar-refractivity contribution is -0.660. The molecule has 0 aliphatic heterocycles. The number of aryl methyl sites for hydroxylation is 3. The van der Waals surface area contributed by atoms with Gasteiger partial charge in [0.25, 0.3) is 0 Å². The molecule has 4 aromatic rings. The van der Waals surface area contributed by atoms with Crippen molar-refractivity contribution < 1.29 is 13.1 Å². The fraction of sp³-hybridized carbons (Fsp3) is 0.158. The summed E-state index contributed by atoms with van der Waals surface area (Å²) in [4.78, 5) is 4.19. The van der Waals surface area contributed by atoms with Crippen molar-refractivity contribution in [3.63, 3.8) is 0 Å². The third-order valence-electron chi connectivity index (χ3n) is 4.03. The van der Waals surface area contributed by atoms with E-state index in [1.54, 1.807) is 24.7 Å². The van der Waals surface area contributed by atoms with Crippen molar-refractivity contribution in [3.8, 4) is 11.3 Å². The van der Waals surface area contributed by atoms with Gasteiger partial charge in [0.05, 0.1) is 0 Å². The monoisotopic (exact) mass is 292 g/mol. The van der Waals surface area contributed by atoms with E-state index in [4.69, 9.17) is 8.53 Å². The number of benzene rings is 1. The molecule has 0 aliphatic rings. The normalized spacial score (nSPS) is 14.0. The van der Waals surface area contributed by atoms with E-state index in [2.05, 4.69) is 11.1 Å². The van der Waals surface area contributed by atoms with Crippen molar-refractivity contribution in [2.45, 2.75) is 13.8 Å². The van der Waals surface area contributed by atoms with Gasteiger partial charge in [0.15, 0.2) is 6.20 Å². The fourth-order valence-electron chi connectivity index (χ4n) is 2.93. The summed E-state index contributed by atoms with van der Waals surface area (Å²) >= 11 is 0. The van der Waals surface area contributed by atoms with Crippen molar-refractivity contribution in [1.82, 2.24) is 4.98 Å². The van der Waals surface area contributed by atoms with Crippen LogP contribution in [0.25, 0.3) is 33.2 Å². The summed E-state index contributed by atoms with van der Waals surface area (Å²) in [6.07, 6.45) is 5.19.